The lowest BCUT2D eigenvalue weighted by molar-refractivity contribution is 0.971. The predicted octanol–water partition coefficient (Wildman–Crippen LogP) is 4.74. The Kier molecular flexibility index (Phi) is 4.60. The Balaban J connectivity index is 1.91. The van der Waals surface area contributed by atoms with Gasteiger partial charge < -0.3 is 5.32 Å². The third kappa shape index (κ3) is 3.41. The molecule has 2 aromatic carbocycles. The highest BCUT2D eigenvalue weighted by Gasteiger charge is 2.13. The number of aryl methyl sites for hydroxylation is 1. The number of para-hydroxylation sites is 1. The zero-order valence-electron chi connectivity index (χ0n) is 14.7. The number of pyridine rings is 1. The summed E-state index contributed by atoms with van der Waals surface area (Å²) in [5.74, 6) is 0.423. The fourth-order valence-corrected chi connectivity index (χ4v) is 3.07. The van der Waals surface area contributed by atoms with Gasteiger partial charge >= 0.3 is 0 Å². The highest BCUT2D eigenvalue weighted by molar-refractivity contribution is 6.31. The van der Waals surface area contributed by atoms with Crippen molar-refractivity contribution in [3.05, 3.63) is 87.9 Å². The van der Waals surface area contributed by atoms with E-state index in [0.717, 1.165) is 23.5 Å². The van der Waals surface area contributed by atoms with Gasteiger partial charge in [0.15, 0.2) is 0 Å². The van der Waals surface area contributed by atoms with Gasteiger partial charge in [0.1, 0.15) is 0 Å². The average Bonchev–Trinajstić information content (AvgIpc) is 2.70. The van der Waals surface area contributed by atoms with Crippen LogP contribution in [0.5, 0.6) is 0 Å². The minimum atomic E-state index is -0.186. The average molecular weight is 377 g/mol. The van der Waals surface area contributed by atoms with Gasteiger partial charge in [-0.15, -0.1) is 0 Å². The number of fused-ring (bicyclic) bond motifs is 1. The first-order valence-electron chi connectivity index (χ1n) is 8.65. The number of benzene rings is 2. The standard InChI is InChI=1S/C21H17ClN4O/c1-2-15-9-10-16(13-23-15)24-21-25-19-11-8-14(22)12-18(19)20(27)26(21)17-6-4-3-5-7-17/h3-13H,2H2,1H3,(H,24,25). The second kappa shape index (κ2) is 7.21. The minimum absolute atomic E-state index is 0.186. The van der Waals surface area contributed by atoms with Crippen LogP contribution in [0.25, 0.3) is 16.6 Å². The van der Waals surface area contributed by atoms with Crippen LogP contribution in [0.1, 0.15) is 12.6 Å². The molecule has 0 aliphatic carbocycles. The van der Waals surface area contributed by atoms with Crippen molar-refractivity contribution in [3.63, 3.8) is 0 Å². The number of rotatable bonds is 4. The largest absolute Gasteiger partial charge is 0.324 e. The van der Waals surface area contributed by atoms with Crippen LogP contribution in [0.3, 0.4) is 0 Å². The van der Waals surface area contributed by atoms with Gasteiger partial charge in [0.05, 0.1) is 28.5 Å². The van der Waals surface area contributed by atoms with E-state index in [2.05, 4.69) is 22.2 Å². The fraction of sp³-hybridized carbons (Fsp3) is 0.0952. The number of nitrogens with one attached hydrogen (secondary N) is 1. The molecule has 2 heterocycles. The van der Waals surface area contributed by atoms with Crippen LogP contribution in [0.2, 0.25) is 5.02 Å². The second-order valence-electron chi connectivity index (χ2n) is 6.09. The van der Waals surface area contributed by atoms with E-state index >= 15 is 0 Å². The van der Waals surface area contributed by atoms with Crippen molar-refractivity contribution in [3.8, 4) is 5.69 Å². The SMILES string of the molecule is CCc1ccc(Nc2nc3ccc(Cl)cc3c(=O)n2-c2ccccc2)cn1. The van der Waals surface area contributed by atoms with Crippen LogP contribution in [0, 0.1) is 0 Å². The van der Waals surface area contributed by atoms with Gasteiger partial charge in [0.25, 0.3) is 5.56 Å². The Morgan fingerprint density at radius 3 is 2.59 bits per heavy atom. The van der Waals surface area contributed by atoms with E-state index in [-0.39, 0.29) is 5.56 Å². The van der Waals surface area contributed by atoms with Crippen molar-refractivity contribution in [2.24, 2.45) is 0 Å². The molecule has 0 unspecified atom stereocenters. The molecule has 0 fully saturated rings. The van der Waals surface area contributed by atoms with Crippen molar-refractivity contribution in [1.29, 1.82) is 0 Å². The molecule has 6 heteroatoms. The monoisotopic (exact) mass is 376 g/mol. The molecule has 0 saturated heterocycles. The first-order valence-corrected chi connectivity index (χ1v) is 9.03. The van der Waals surface area contributed by atoms with Gasteiger partial charge in [-0.05, 0) is 48.9 Å². The maximum atomic E-state index is 13.2. The molecule has 1 N–H and O–H groups in total. The quantitative estimate of drug-likeness (QED) is 0.558. The smallest absolute Gasteiger partial charge is 0.267 e. The van der Waals surface area contributed by atoms with E-state index < -0.39 is 0 Å². The lowest BCUT2D eigenvalue weighted by atomic mass is 10.2. The number of hydrogen-bond donors (Lipinski definition) is 1. The predicted molar refractivity (Wildman–Crippen MR) is 109 cm³/mol. The highest BCUT2D eigenvalue weighted by Crippen LogP contribution is 2.22. The molecule has 5 nitrogen and oxygen atoms in total. The number of nitrogens with zero attached hydrogens (tertiary/aromatic N) is 3. The van der Waals surface area contributed by atoms with Crippen LogP contribution in [0.15, 0.2) is 71.7 Å². The molecule has 0 spiro atoms. The molecular formula is C21H17ClN4O. The van der Waals surface area contributed by atoms with Gasteiger partial charge in [-0.25, -0.2) is 9.55 Å². The Morgan fingerprint density at radius 2 is 1.89 bits per heavy atom. The third-order valence-electron chi connectivity index (χ3n) is 4.29. The van der Waals surface area contributed by atoms with Crippen molar-refractivity contribution in [2.45, 2.75) is 13.3 Å². The second-order valence-corrected chi connectivity index (χ2v) is 6.53. The summed E-state index contributed by atoms with van der Waals surface area (Å²) >= 11 is 6.09. The molecule has 0 aliphatic rings. The van der Waals surface area contributed by atoms with Crippen LogP contribution in [-0.2, 0) is 6.42 Å². The van der Waals surface area contributed by atoms with Gasteiger partial charge in [0.2, 0.25) is 5.95 Å². The van der Waals surface area contributed by atoms with E-state index in [0.29, 0.717) is 21.9 Å². The Bertz CT molecular complexity index is 1150. The highest BCUT2D eigenvalue weighted by atomic mass is 35.5. The molecule has 4 aromatic rings. The molecule has 0 bridgehead atoms. The maximum Gasteiger partial charge on any atom is 0.267 e. The summed E-state index contributed by atoms with van der Waals surface area (Å²) in [7, 11) is 0. The number of anilines is 2. The van der Waals surface area contributed by atoms with E-state index in [9.17, 15) is 4.79 Å². The van der Waals surface area contributed by atoms with E-state index in [1.807, 2.05) is 42.5 Å². The Morgan fingerprint density at radius 1 is 1.07 bits per heavy atom. The molecular weight excluding hydrogens is 360 g/mol. The fourth-order valence-electron chi connectivity index (χ4n) is 2.89. The van der Waals surface area contributed by atoms with Crippen molar-refractivity contribution in [1.82, 2.24) is 14.5 Å². The van der Waals surface area contributed by atoms with Crippen LogP contribution < -0.4 is 10.9 Å². The number of hydrogen-bond acceptors (Lipinski definition) is 4. The number of halogens is 1. The molecule has 134 valence electrons. The van der Waals surface area contributed by atoms with Gasteiger partial charge in [-0.1, -0.05) is 36.7 Å². The van der Waals surface area contributed by atoms with Crippen molar-refractivity contribution in [2.75, 3.05) is 5.32 Å². The minimum Gasteiger partial charge on any atom is -0.324 e. The lowest BCUT2D eigenvalue weighted by Gasteiger charge is -2.15. The Hall–Kier alpha value is -3.18. The summed E-state index contributed by atoms with van der Waals surface area (Å²) < 4.78 is 1.55. The van der Waals surface area contributed by atoms with E-state index in [1.165, 1.54) is 0 Å². The van der Waals surface area contributed by atoms with E-state index in [1.54, 1.807) is 29.0 Å². The van der Waals surface area contributed by atoms with Gasteiger partial charge in [0, 0.05) is 10.7 Å². The Labute approximate surface area is 161 Å². The summed E-state index contributed by atoms with van der Waals surface area (Å²) in [6.07, 6.45) is 2.61. The normalized spacial score (nSPS) is 10.9. The van der Waals surface area contributed by atoms with Crippen molar-refractivity contribution < 1.29 is 0 Å². The molecule has 4 rings (SSSR count). The van der Waals surface area contributed by atoms with Crippen LogP contribution in [-0.4, -0.2) is 14.5 Å². The first-order chi connectivity index (χ1) is 13.2. The van der Waals surface area contributed by atoms with E-state index in [4.69, 9.17) is 11.6 Å². The summed E-state index contributed by atoms with van der Waals surface area (Å²) in [4.78, 5) is 22.3. The van der Waals surface area contributed by atoms with Gasteiger partial charge in [-0.2, -0.15) is 0 Å². The molecule has 0 radical (unpaired) electrons. The summed E-state index contributed by atoms with van der Waals surface area (Å²) in [6.45, 7) is 2.05. The molecule has 0 saturated carbocycles. The zero-order chi connectivity index (χ0) is 18.8. The van der Waals surface area contributed by atoms with Crippen molar-refractivity contribution >= 4 is 34.1 Å². The maximum absolute atomic E-state index is 13.2. The lowest BCUT2D eigenvalue weighted by Crippen LogP contribution is -2.22. The summed E-state index contributed by atoms with van der Waals surface area (Å²) in [5, 5.41) is 4.20. The molecule has 0 atom stereocenters. The van der Waals surface area contributed by atoms with Crippen LogP contribution in [0.4, 0.5) is 11.6 Å². The van der Waals surface area contributed by atoms with Gasteiger partial charge in [-0.3, -0.25) is 9.78 Å². The first kappa shape index (κ1) is 17.2. The summed E-state index contributed by atoms with van der Waals surface area (Å²) in [5.41, 5.74) is 2.88. The molecule has 0 amide bonds. The van der Waals surface area contributed by atoms with Crippen LogP contribution >= 0.6 is 11.6 Å². The molecule has 27 heavy (non-hydrogen) atoms. The zero-order valence-corrected chi connectivity index (χ0v) is 15.4. The third-order valence-corrected chi connectivity index (χ3v) is 4.52. The summed E-state index contributed by atoms with van der Waals surface area (Å²) in [6, 6.07) is 18.4. The number of aromatic nitrogens is 3. The molecule has 0 aliphatic heterocycles. The molecule has 2 aromatic heterocycles. The topological polar surface area (TPSA) is 59.8 Å².